The molecule has 1 fully saturated rings. The zero-order chi connectivity index (χ0) is 8.44. The van der Waals surface area contributed by atoms with Crippen LogP contribution in [0, 0.1) is 5.21 Å². The Kier molecular flexibility index (Phi) is 1.82. The molecule has 64 valence electrons. The molecule has 0 bridgehead atoms. The molecule has 1 saturated heterocycles. The predicted molar refractivity (Wildman–Crippen MR) is 45.6 cm³/mol. The summed E-state index contributed by atoms with van der Waals surface area (Å²) in [5.41, 5.74) is 3.29. The summed E-state index contributed by atoms with van der Waals surface area (Å²) in [4.78, 5) is 4.14. The molecule has 1 aliphatic rings. The minimum absolute atomic E-state index is 0.457. The number of hydrogen-bond donors (Lipinski definition) is 1. The van der Waals surface area contributed by atoms with Gasteiger partial charge >= 0.3 is 0 Å². The first-order chi connectivity index (χ1) is 5.81. The van der Waals surface area contributed by atoms with Crippen LogP contribution < -0.4 is 10.3 Å². The van der Waals surface area contributed by atoms with E-state index in [-0.39, 0.29) is 0 Å². The molecule has 0 radical (unpaired) electrons. The number of para-hydroxylation sites is 1. The summed E-state index contributed by atoms with van der Waals surface area (Å²) in [6.07, 6.45) is 0. The fourth-order valence-electron chi connectivity index (χ4n) is 1.20. The van der Waals surface area contributed by atoms with Gasteiger partial charge < -0.3 is 5.21 Å². The lowest BCUT2D eigenvalue weighted by Crippen LogP contribution is -2.48. The molecular formula is C8H10N2O2. The van der Waals surface area contributed by atoms with Crippen molar-refractivity contribution in [3.63, 3.8) is 0 Å². The van der Waals surface area contributed by atoms with Gasteiger partial charge in [-0.2, -0.15) is 4.84 Å². The smallest absolute Gasteiger partial charge is 0.186 e. The van der Waals surface area contributed by atoms with E-state index in [0.29, 0.717) is 18.8 Å². The SMILES string of the molecule is [O-][N+]1(c2ccccc2)NCCO1. The van der Waals surface area contributed by atoms with Crippen LogP contribution in [0.2, 0.25) is 0 Å². The van der Waals surface area contributed by atoms with Gasteiger partial charge in [-0.05, 0) is 0 Å². The highest BCUT2D eigenvalue weighted by Gasteiger charge is 2.27. The van der Waals surface area contributed by atoms with Gasteiger partial charge in [-0.15, -0.1) is 10.3 Å². The lowest BCUT2D eigenvalue weighted by atomic mass is 10.3. The highest BCUT2D eigenvalue weighted by Crippen LogP contribution is 2.21. The summed E-state index contributed by atoms with van der Waals surface area (Å²) < 4.78 is 0. The van der Waals surface area contributed by atoms with Crippen molar-refractivity contribution in [2.45, 2.75) is 0 Å². The highest BCUT2D eigenvalue weighted by molar-refractivity contribution is 5.40. The van der Waals surface area contributed by atoms with Gasteiger partial charge in [-0.25, -0.2) is 0 Å². The molecule has 1 aliphatic heterocycles. The number of nitrogens with zero attached hydrogens (tertiary/aromatic N) is 1. The second-order valence-electron chi connectivity index (χ2n) is 2.63. The third kappa shape index (κ3) is 1.21. The predicted octanol–water partition coefficient (Wildman–Crippen LogP) is 0.941. The maximum absolute atomic E-state index is 11.7. The van der Waals surface area contributed by atoms with Crippen LogP contribution in [0.5, 0.6) is 0 Å². The van der Waals surface area contributed by atoms with Crippen LogP contribution in [0.1, 0.15) is 0 Å². The Bertz CT molecular complexity index is 257. The average molecular weight is 166 g/mol. The molecule has 0 aliphatic carbocycles. The van der Waals surface area contributed by atoms with Crippen molar-refractivity contribution in [3.8, 4) is 0 Å². The van der Waals surface area contributed by atoms with Crippen molar-refractivity contribution in [1.82, 2.24) is 10.3 Å². The van der Waals surface area contributed by atoms with Gasteiger partial charge in [0, 0.05) is 12.1 Å². The molecule has 4 heteroatoms. The number of benzene rings is 1. The molecule has 1 aromatic rings. The third-order valence-electron chi connectivity index (χ3n) is 1.79. The van der Waals surface area contributed by atoms with E-state index < -0.39 is 4.92 Å². The average Bonchev–Trinajstić information content (AvgIpc) is 2.55. The molecule has 1 aromatic carbocycles. The molecule has 0 spiro atoms. The summed E-state index contributed by atoms with van der Waals surface area (Å²) >= 11 is 0. The number of nitrogens with one attached hydrogen (secondary N) is 1. The monoisotopic (exact) mass is 166 g/mol. The topological polar surface area (TPSA) is 44.3 Å². The summed E-state index contributed by atoms with van der Waals surface area (Å²) in [5, 5.41) is 11.7. The fraction of sp³-hybridized carbons (Fsp3) is 0.250. The van der Waals surface area contributed by atoms with E-state index in [4.69, 9.17) is 4.84 Å². The molecule has 0 saturated carbocycles. The van der Waals surface area contributed by atoms with Gasteiger partial charge in [0.15, 0.2) is 5.69 Å². The third-order valence-corrected chi connectivity index (χ3v) is 1.79. The molecule has 4 nitrogen and oxygen atoms in total. The second kappa shape index (κ2) is 2.84. The Morgan fingerprint density at radius 1 is 1.33 bits per heavy atom. The Labute approximate surface area is 70.5 Å². The lowest BCUT2D eigenvalue weighted by Gasteiger charge is -2.31. The standard InChI is InChI=1S/C8H10N2O2/c11-10(9-6-7-12-10)8-4-2-1-3-5-8/h1-5,9H,6-7H2. The molecule has 2 rings (SSSR count). The maximum atomic E-state index is 11.7. The van der Waals surface area contributed by atoms with Crippen molar-refractivity contribution in [2.75, 3.05) is 13.2 Å². The fourth-order valence-corrected chi connectivity index (χ4v) is 1.20. The van der Waals surface area contributed by atoms with Gasteiger partial charge in [-0.3, -0.25) is 0 Å². The van der Waals surface area contributed by atoms with Gasteiger partial charge in [0.1, 0.15) is 6.61 Å². The van der Waals surface area contributed by atoms with Crippen molar-refractivity contribution in [2.24, 2.45) is 0 Å². The highest BCUT2D eigenvalue weighted by atomic mass is 17.0. The first kappa shape index (κ1) is 7.70. The van der Waals surface area contributed by atoms with Gasteiger partial charge in [0.25, 0.3) is 0 Å². The summed E-state index contributed by atoms with van der Waals surface area (Å²) in [5.74, 6) is 0. The van der Waals surface area contributed by atoms with Crippen molar-refractivity contribution in [3.05, 3.63) is 35.5 Å². The van der Waals surface area contributed by atoms with E-state index in [1.165, 1.54) is 0 Å². The van der Waals surface area contributed by atoms with Gasteiger partial charge in [0.2, 0.25) is 0 Å². The molecule has 0 amide bonds. The first-order valence-corrected chi connectivity index (χ1v) is 3.87. The van der Waals surface area contributed by atoms with Crippen LogP contribution in [0.3, 0.4) is 0 Å². The maximum Gasteiger partial charge on any atom is 0.186 e. The van der Waals surface area contributed by atoms with Crippen molar-refractivity contribution >= 4 is 5.69 Å². The Balaban J connectivity index is 2.29. The van der Waals surface area contributed by atoms with E-state index in [1.54, 1.807) is 12.1 Å². The van der Waals surface area contributed by atoms with Crippen LogP contribution in [0.25, 0.3) is 0 Å². The molecular weight excluding hydrogens is 156 g/mol. The van der Waals surface area contributed by atoms with Crippen LogP contribution in [-0.4, -0.2) is 13.2 Å². The summed E-state index contributed by atoms with van der Waals surface area (Å²) in [6.45, 7) is 1.05. The first-order valence-electron chi connectivity index (χ1n) is 3.87. The molecule has 12 heavy (non-hydrogen) atoms. The molecule has 0 aromatic heterocycles. The molecule has 1 atom stereocenters. The lowest BCUT2D eigenvalue weighted by molar-refractivity contribution is -0.0854. The van der Waals surface area contributed by atoms with Crippen LogP contribution in [-0.2, 0) is 4.84 Å². The van der Waals surface area contributed by atoms with E-state index in [1.807, 2.05) is 18.2 Å². The van der Waals surface area contributed by atoms with Crippen LogP contribution in [0.4, 0.5) is 5.69 Å². The quantitative estimate of drug-likeness (QED) is 0.499. The van der Waals surface area contributed by atoms with E-state index >= 15 is 0 Å². The number of quaternary nitrogens is 1. The Hall–Kier alpha value is -0.940. The van der Waals surface area contributed by atoms with Crippen molar-refractivity contribution < 1.29 is 4.84 Å². The second-order valence-corrected chi connectivity index (χ2v) is 2.63. The van der Waals surface area contributed by atoms with Crippen molar-refractivity contribution in [1.29, 1.82) is 0 Å². The minimum Gasteiger partial charge on any atom is -0.572 e. The zero-order valence-corrected chi connectivity index (χ0v) is 6.56. The number of rotatable bonds is 1. The van der Waals surface area contributed by atoms with E-state index in [0.717, 1.165) is 0 Å². The Morgan fingerprint density at radius 2 is 2.08 bits per heavy atom. The minimum atomic E-state index is -0.860. The normalized spacial score (nSPS) is 29.1. The summed E-state index contributed by atoms with van der Waals surface area (Å²) in [7, 11) is 0. The summed E-state index contributed by atoms with van der Waals surface area (Å²) in [6, 6.07) is 8.98. The Morgan fingerprint density at radius 3 is 2.67 bits per heavy atom. The zero-order valence-electron chi connectivity index (χ0n) is 6.56. The number of hydrogen-bond acceptors (Lipinski definition) is 3. The van der Waals surface area contributed by atoms with Gasteiger partial charge in [0.05, 0.1) is 6.54 Å². The van der Waals surface area contributed by atoms with E-state index in [2.05, 4.69) is 5.43 Å². The molecule has 1 N–H and O–H groups in total. The van der Waals surface area contributed by atoms with E-state index in [9.17, 15) is 5.21 Å². The largest absolute Gasteiger partial charge is 0.572 e. The molecule has 1 unspecified atom stereocenters. The van der Waals surface area contributed by atoms with Gasteiger partial charge in [-0.1, -0.05) is 18.2 Å². The van der Waals surface area contributed by atoms with Crippen LogP contribution in [0.15, 0.2) is 30.3 Å². The molecule has 1 heterocycles. The van der Waals surface area contributed by atoms with Crippen LogP contribution >= 0.6 is 0 Å².